The van der Waals surface area contributed by atoms with Crippen LogP contribution in [0.4, 0.5) is 17.3 Å². The molecule has 0 bridgehead atoms. The van der Waals surface area contributed by atoms with Crippen molar-refractivity contribution < 1.29 is 24.0 Å². The fourth-order valence-electron chi connectivity index (χ4n) is 13.4. The van der Waals surface area contributed by atoms with Gasteiger partial charge in [-0.25, -0.2) is 15.0 Å². The van der Waals surface area contributed by atoms with Crippen molar-refractivity contribution in [3.8, 4) is 11.3 Å². The van der Waals surface area contributed by atoms with E-state index in [0.29, 0.717) is 89.9 Å². The number of rotatable bonds is 10. The number of aromatic nitrogens is 4. The number of anilines is 3. The van der Waals surface area contributed by atoms with E-state index in [1.807, 2.05) is 28.3 Å². The van der Waals surface area contributed by atoms with E-state index in [0.717, 1.165) is 102 Å². The number of hydrogen-bond acceptors (Lipinski definition) is 11. The zero-order valence-electron chi connectivity index (χ0n) is 42.4. The van der Waals surface area contributed by atoms with E-state index in [1.54, 1.807) is 6.20 Å². The number of imidazole rings is 1. The second-order valence-electron chi connectivity index (χ2n) is 23.1. The fraction of sp³-hybridized carbons (Fsp3) is 0.607. The quantitative estimate of drug-likeness (QED) is 0.158. The van der Waals surface area contributed by atoms with Gasteiger partial charge in [-0.3, -0.25) is 29.3 Å². The first-order valence-corrected chi connectivity index (χ1v) is 27.4. The Kier molecular flexibility index (Phi) is 12.1. The van der Waals surface area contributed by atoms with Crippen LogP contribution in [0.15, 0.2) is 48.9 Å². The standard InChI is InChI=1S/C56H71N11O5/c1-35(2)66-34-58-45-32-44(60-50(49(45)66)59-39-9-10-39)37-7-12-43-46(29-37)67(41-30-40(31-41)62-21-5-4-6-22-62)54(72)56(43)19-27-65(28-20-56)53(71)55(3)17-25-64(26-18-55)52(70)36-15-23-63(24-16-36)47-13-8-38(33-57-47)42-11-14-48(68)61-51(42)69/h7-8,12-13,29,32-36,39-42H,4-6,9-11,14-28,30-31H2,1-3H3,(H,59,60)(H,61,68,69)/t40-,41+,42-/m1/s1. The van der Waals surface area contributed by atoms with E-state index < -0.39 is 10.8 Å². The molecule has 72 heavy (non-hydrogen) atoms. The normalized spacial score (nSPS) is 25.8. The number of hydrogen-bond donors (Lipinski definition) is 2. The van der Waals surface area contributed by atoms with Gasteiger partial charge in [0.2, 0.25) is 29.5 Å². The minimum absolute atomic E-state index is 0.0725. The largest absolute Gasteiger partial charge is 0.366 e. The van der Waals surface area contributed by atoms with E-state index in [-0.39, 0.29) is 53.5 Å². The summed E-state index contributed by atoms with van der Waals surface area (Å²) in [6.07, 6.45) is 16.4. The number of nitrogens with zero attached hydrogens (tertiary/aromatic N) is 9. The lowest BCUT2D eigenvalue weighted by atomic mass is 9.72. The van der Waals surface area contributed by atoms with Crippen LogP contribution in [0.5, 0.6) is 0 Å². The molecular formula is C56H71N11O5. The van der Waals surface area contributed by atoms with Crippen LogP contribution in [-0.4, -0.2) is 134 Å². The third-order valence-corrected chi connectivity index (χ3v) is 18.3. The van der Waals surface area contributed by atoms with Crippen LogP contribution in [0.25, 0.3) is 22.3 Å². The molecule has 0 radical (unpaired) electrons. The van der Waals surface area contributed by atoms with Gasteiger partial charge >= 0.3 is 0 Å². The molecule has 2 N–H and O–H groups in total. The van der Waals surface area contributed by atoms with Gasteiger partial charge in [0.1, 0.15) is 11.3 Å². The summed E-state index contributed by atoms with van der Waals surface area (Å²) in [7, 11) is 0. The fourth-order valence-corrected chi connectivity index (χ4v) is 13.4. The Morgan fingerprint density at radius 3 is 2.21 bits per heavy atom. The number of benzene rings is 1. The number of pyridine rings is 2. The number of imide groups is 1. The van der Waals surface area contributed by atoms with Crippen LogP contribution in [-0.2, 0) is 29.4 Å². The molecule has 16 heteroatoms. The molecule has 1 atom stereocenters. The van der Waals surface area contributed by atoms with Crippen molar-refractivity contribution in [2.45, 2.75) is 153 Å². The molecule has 3 aromatic heterocycles. The van der Waals surface area contributed by atoms with Crippen molar-refractivity contribution in [2.75, 3.05) is 67.5 Å². The third-order valence-electron chi connectivity index (χ3n) is 18.3. The molecule has 1 aromatic carbocycles. The van der Waals surface area contributed by atoms with Crippen molar-refractivity contribution in [3.05, 3.63) is 60.0 Å². The molecule has 1 spiro atoms. The highest BCUT2D eigenvalue weighted by atomic mass is 16.2. The average Bonchev–Trinajstić information content (AvgIpc) is 4.05. The summed E-state index contributed by atoms with van der Waals surface area (Å²) < 4.78 is 2.20. The minimum Gasteiger partial charge on any atom is -0.366 e. The van der Waals surface area contributed by atoms with Crippen molar-refractivity contribution >= 4 is 57.9 Å². The van der Waals surface area contributed by atoms with Crippen LogP contribution in [0, 0.1) is 11.3 Å². The second-order valence-corrected chi connectivity index (χ2v) is 23.1. The molecule has 5 saturated heterocycles. The Morgan fingerprint density at radius 1 is 0.792 bits per heavy atom. The first-order chi connectivity index (χ1) is 34.9. The molecule has 0 unspecified atom stereocenters. The zero-order chi connectivity index (χ0) is 49.5. The maximum Gasteiger partial charge on any atom is 0.238 e. The molecule has 2 saturated carbocycles. The SMILES string of the molecule is CC(C)n1cnc2cc(-c3ccc4c(c3)N([C@H]3C[C@@H](N5CCCCC5)C3)C(=O)C43CCN(C(=O)C4(C)CCN(C(=O)C5CCN(c6ccc([C@H]7CCC(=O)NC7=O)cn6)CC5)CC4)CC3)nc(NC3CC3)c21. The van der Waals surface area contributed by atoms with Crippen molar-refractivity contribution in [2.24, 2.45) is 11.3 Å². The number of amides is 5. The number of carbonyl (C=O) groups is 5. The van der Waals surface area contributed by atoms with Gasteiger partial charge in [-0.2, -0.15) is 0 Å². The molecule has 7 fully saturated rings. The summed E-state index contributed by atoms with van der Waals surface area (Å²) >= 11 is 0. The third kappa shape index (κ3) is 8.42. The lowest BCUT2D eigenvalue weighted by Gasteiger charge is -2.48. The highest BCUT2D eigenvalue weighted by molar-refractivity contribution is 6.09. The molecule has 5 amide bonds. The maximum atomic E-state index is 15.3. The number of carbonyl (C=O) groups excluding carboxylic acids is 5. The van der Waals surface area contributed by atoms with Crippen molar-refractivity contribution in [1.82, 2.24) is 39.5 Å². The first kappa shape index (κ1) is 47.1. The van der Waals surface area contributed by atoms with E-state index in [1.165, 1.54) is 19.3 Å². The summed E-state index contributed by atoms with van der Waals surface area (Å²) in [5.74, 6) is 1.29. The van der Waals surface area contributed by atoms with Crippen molar-refractivity contribution in [1.29, 1.82) is 0 Å². The molecular weight excluding hydrogens is 907 g/mol. The van der Waals surface area contributed by atoms with Gasteiger partial charge < -0.3 is 34.4 Å². The molecule has 9 heterocycles. The van der Waals surface area contributed by atoms with Gasteiger partial charge in [-0.05, 0) is 140 Å². The number of likely N-dealkylation sites (tertiary alicyclic amines) is 3. The molecule has 4 aromatic rings. The van der Waals surface area contributed by atoms with E-state index in [4.69, 9.17) is 9.97 Å². The lowest BCUT2D eigenvalue weighted by molar-refractivity contribution is -0.150. The summed E-state index contributed by atoms with van der Waals surface area (Å²) in [6, 6.07) is 13.9. The Balaban J connectivity index is 0.705. The molecule has 12 rings (SSSR count). The summed E-state index contributed by atoms with van der Waals surface area (Å²) in [5, 5.41) is 6.13. The maximum absolute atomic E-state index is 15.3. The molecule has 6 aliphatic heterocycles. The number of fused-ring (bicyclic) bond motifs is 3. The molecule has 380 valence electrons. The smallest absolute Gasteiger partial charge is 0.238 e. The lowest BCUT2D eigenvalue weighted by Crippen LogP contribution is -2.59. The summed E-state index contributed by atoms with van der Waals surface area (Å²) in [4.78, 5) is 93.6. The highest BCUT2D eigenvalue weighted by Gasteiger charge is 2.56. The first-order valence-electron chi connectivity index (χ1n) is 27.4. The molecule has 16 nitrogen and oxygen atoms in total. The Labute approximate surface area is 422 Å². The van der Waals surface area contributed by atoms with E-state index in [2.05, 4.69) is 79.9 Å². The van der Waals surface area contributed by atoms with Gasteiger partial charge in [-0.15, -0.1) is 0 Å². The van der Waals surface area contributed by atoms with Crippen LogP contribution >= 0.6 is 0 Å². The Bertz CT molecular complexity index is 2770. The van der Waals surface area contributed by atoms with Gasteiger partial charge in [0, 0.05) is 98.6 Å². The molecule has 8 aliphatic rings. The molecule has 2 aliphatic carbocycles. The number of nitrogens with one attached hydrogen (secondary N) is 2. The zero-order valence-corrected chi connectivity index (χ0v) is 42.4. The highest BCUT2D eigenvalue weighted by Crippen LogP contribution is 2.53. The Morgan fingerprint density at radius 2 is 1.53 bits per heavy atom. The summed E-state index contributed by atoms with van der Waals surface area (Å²) in [6.45, 7) is 12.3. The predicted molar refractivity (Wildman–Crippen MR) is 275 cm³/mol. The Hall–Kier alpha value is -5.90. The van der Waals surface area contributed by atoms with Crippen LogP contribution in [0.1, 0.15) is 140 Å². The van der Waals surface area contributed by atoms with E-state index >= 15 is 4.79 Å². The predicted octanol–water partition coefficient (Wildman–Crippen LogP) is 6.94. The van der Waals surface area contributed by atoms with Gasteiger partial charge in [0.25, 0.3) is 0 Å². The van der Waals surface area contributed by atoms with Gasteiger partial charge in [0.15, 0.2) is 5.82 Å². The second kappa shape index (κ2) is 18.5. The van der Waals surface area contributed by atoms with Gasteiger partial charge in [-0.1, -0.05) is 31.5 Å². The topological polar surface area (TPSA) is 169 Å². The van der Waals surface area contributed by atoms with Crippen LogP contribution < -0.4 is 20.4 Å². The van der Waals surface area contributed by atoms with Crippen molar-refractivity contribution in [3.63, 3.8) is 0 Å². The average molecular weight is 978 g/mol. The van der Waals surface area contributed by atoms with E-state index in [9.17, 15) is 19.2 Å². The summed E-state index contributed by atoms with van der Waals surface area (Å²) in [5.41, 5.74) is 5.44. The monoisotopic (exact) mass is 978 g/mol. The number of piperidine rings is 5. The minimum atomic E-state index is -0.686. The van der Waals surface area contributed by atoms with Crippen LogP contribution in [0.3, 0.4) is 0 Å². The van der Waals surface area contributed by atoms with Gasteiger partial charge in [0.05, 0.1) is 28.9 Å². The van der Waals surface area contributed by atoms with Crippen LogP contribution in [0.2, 0.25) is 0 Å².